The molecular weight excluding hydrogens is 262 g/mol. The standard InChI is InChI=1S/C18H27NO2/c1-13-9-10-15(16(21-5)14(13)2)17(20)18(19(3)4)11-7-6-8-12-18/h9-10H,6-8,11-12H2,1-5H3. The highest BCUT2D eigenvalue weighted by Crippen LogP contribution is 2.38. The molecule has 1 aromatic carbocycles. The number of ketones is 1. The molecule has 0 aliphatic heterocycles. The number of carbonyl (C=O) groups excluding carboxylic acids is 1. The Morgan fingerprint density at radius 2 is 1.76 bits per heavy atom. The minimum atomic E-state index is -0.368. The first-order chi connectivity index (χ1) is 9.94. The number of carbonyl (C=O) groups is 1. The van der Waals surface area contributed by atoms with E-state index in [9.17, 15) is 4.79 Å². The summed E-state index contributed by atoms with van der Waals surface area (Å²) in [5.74, 6) is 0.957. The summed E-state index contributed by atoms with van der Waals surface area (Å²) in [5, 5.41) is 0. The molecule has 0 atom stereocenters. The second-order valence-electron chi connectivity index (χ2n) is 6.40. The third-order valence-electron chi connectivity index (χ3n) is 5.08. The Hall–Kier alpha value is -1.35. The van der Waals surface area contributed by atoms with E-state index in [1.165, 1.54) is 6.42 Å². The van der Waals surface area contributed by atoms with E-state index in [1.807, 2.05) is 33.2 Å². The molecule has 1 saturated carbocycles. The average Bonchev–Trinajstić information content (AvgIpc) is 2.49. The van der Waals surface area contributed by atoms with E-state index in [4.69, 9.17) is 4.74 Å². The van der Waals surface area contributed by atoms with Crippen molar-refractivity contribution in [2.45, 2.75) is 51.5 Å². The summed E-state index contributed by atoms with van der Waals surface area (Å²) < 4.78 is 5.55. The summed E-state index contributed by atoms with van der Waals surface area (Å²) in [7, 11) is 5.70. The molecule has 0 bridgehead atoms. The van der Waals surface area contributed by atoms with Gasteiger partial charge in [0.2, 0.25) is 0 Å². The van der Waals surface area contributed by atoms with Gasteiger partial charge in [-0.2, -0.15) is 0 Å². The van der Waals surface area contributed by atoms with Gasteiger partial charge in [-0.3, -0.25) is 9.69 Å². The molecule has 1 fully saturated rings. The van der Waals surface area contributed by atoms with Crippen molar-refractivity contribution in [3.63, 3.8) is 0 Å². The Balaban J connectivity index is 2.49. The van der Waals surface area contributed by atoms with Crippen molar-refractivity contribution >= 4 is 5.78 Å². The van der Waals surface area contributed by atoms with Gasteiger partial charge in [0.15, 0.2) is 5.78 Å². The molecule has 1 aromatic rings. The molecule has 0 amide bonds. The van der Waals surface area contributed by atoms with Gasteiger partial charge >= 0.3 is 0 Å². The minimum Gasteiger partial charge on any atom is -0.496 e. The van der Waals surface area contributed by atoms with Crippen LogP contribution >= 0.6 is 0 Å². The second-order valence-corrected chi connectivity index (χ2v) is 6.40. The fraction of sp³-hybridized carbons (Fsp3) is 0.611. The fourth-order valence-electron chi connectivity index (χ4n) is 3.50. The van der Waals surface area contributed by atoms with Crippen molar-refractivity contribution in [2.24, 2.45) is 0 Å². The van der Waals surface area contributed by atoms with E-state index in [0.717, 1.165) is 48.1 Å². The molecule has 3 nitrogen and oxygen atoms in total. The highest BCUT2D eigenvalue weighted by Gasteiger charge is 2.42. The van der Waals surface area contributed by atoms with Crippen molar-refractivity contribution in [3.05, 3.63) is 28.8 Å². The van der Waals surface area contributed by atoms with E-state index in [1.54, 1.807) is 7.11 Å². The normalized spacial score (nSPS) is 17.8. The van der Waals surface area contributed by atoms with Gasteiger partial charge in [0.25, 0.3) is 0 Å². The maximum Gasteiger partial charge on any atom is 0.186 e. The topological polar surface area (TPSA) is 29.5 Å². The number of ether oxygens (including phenoxy) is 1. The lowest BCUT2D eigenvalue weighted by atomic mass is 9.75. The monoisotopic (exact) mass is 289 g/mol. The molecule has 1 aliphatic rings. The summed E-state index contributed by atoms with van der Waals surface area (Å²) in [6.07, 6.45) is 5.35. The van der Waals surface area contributed by atoms with Crippen LogP contribution < -0.4 is 4.74 Å². The SMILES string of the molecule is COc1c(C(=O)C2(N(C)C)CCCCC2)ccc(C)c1C. The Morgan fingerprint density at radius 3 is 2.29 bits per heavy atom. The summed E-state index contributed by atoms with van der Waals surface area (Å²) >= 11 is 0. The van der Waals surface area contributed by atoms with Crippen LogP contribution in [-0.2, 0) is 0 Å². The Morgan fingerprint density at radius 1 is 1.14 bits per heavy atom. The molecule has 0 radical (unpaired) electrons. The van der Waals surface area contributed by atoms with Crippen LogP contribution in [0.4, 0.5) is 0 Å². The lowest BCUT2D eigenvalue weighted by molar-refractivity contribution is 0.0561. The summed E-state index contributed by atoms with van der Waals surface area (Å²) in [5.41, 5.74) is 2.59. The zero-order valence-corrected chi connectivity index (χ0v) is 14.0. The molecule has 1 aliphatic carbocycles. The lowest BCUT2D eigenvalue weighted by Gasteiger charge is -2.41. The quantitative estimate of drug-likeness (QED) is 0.790. The summed E-state index contributed by atoms with van der Waals surface area (Å²) in [6.45, 7) is 4.07. The van der Waals surface area contributed by atoms with E-state index < -0.39 is 0 Å². The zero-order valence-electron chi connectivity index (χ0n) is 14.0. The van der Waals surface area contributed by atoms with Crippen LogP contribution in [-0.4, -0.2) is 37.4 Å². The van der Waals surface area contributed by atoms with Gasteiger partial charge in [0, 0.05) is 0 Å². The summed E-state index contributed by atoms with van der Waals surface area (Å²) in [6, 6.07) is 3.96. The first-order valence-corrected chi connectivity index (χ1v) is 7.80. The number of Topliss-reactive ketones (excluding diaryl/α,β-unsaturated/α-hetero) is 1. The van der Waals surface area contributed by atoms with Gasteiger partial charge in [-0.05, 0) is 58.0 Å². The molecule has 21 heavy (non-hydrogen) atoms. The van der Waals surface area contributed by atoms with Gasteiger partial charge < -0.3 is 4.74 Å². The first kappa shape index (κ1) is 16.0. The molecule has 0 N–H and O–H groups in total. The van der Waals surface area contributed by atoms with Gasteiger partial charge in [-0.15, -0.1) is 0 Å². The molecular formula is C18H27NO2. The number of likely N-dealkylation sites (N-methyl/N-ethyl adjacent to an activating group) is 1. The number of aryl methyl sites for hydroxylation is 1. The molecule has 116 valence electrons. The molecule has 0 spiro atoms. The van der Waals surface area contributed by atoms with Crippen LogP contribution in [0.25, 0.3) is 0 Å². The van der Waals surface area contributed by atoms with E-state index in [-0.39, 0.29) is 11.3 Å². The first-order valence-electron chi connectivity index (χ1n) is 7.80. The van der Waals surface area contributed by atoms with Crippen molar-refractivity contribution in [3.8, 4) is 5.75 Å². The third-order valence-corrected chi connectivity index (χ3v) is 5.08. The minimum absolute atomic E-state index is 0.215. The molecule has 0 heterocycles. The summed E-state index contributed by atoms with van der Waals surface area (Å²) in [4.78, 5) is 15.4. The number of hydrogen-bond donors (Lipinski definition) is 0. The van der Waals surface area contributed by atoms with E-state index in [0.29, 0.717) is 0 Å². The zero-order chi connectivity index (χ0) is 15.6. The van der Waals surface area contributed by atoms with Crippen molar-refractivity contribution in [1.82, 2.24) is 4.90 Å². The van der Waals surface area contributed by atoms with Crippen LogP contribution in [0.3, 0.4) is 0 Å². The second kappa shape index (κ2) is 6.18. The van der Waals surface area contributed by atoms with E-state index in [2.05, 4.69) is 11.8 Å². The fourth-order valence-corrected chi connectivity index (χ4v) is 3.50. The predicted molar refractivity (Wildman–Crippen MR) is 86.3 cm³/mol. The lowest BCUT2D eigenvalue weighted by Crippen LogP contribution is -2.52. The maximum atomic E-state index is 13.3. The Labute approximate surface area is 128 Å². The van der Waals surface area contributed by atoms with Crippen LogP contribution in [0.15, 0.2) is 12.1 Å². The third kappa shape index (κ3) is 2.71. The predicted octanol–water partition coefficient (Wildman–Crippen LogP) is 3.76. The number of nitrogens with zero attached hydrogens (tertiary/aromatic N) is 1. The number of rotatable bonds is 4. The van der Waals surface area contributed by atoms with E-state index >= 15 is 0 Å². The highest BCUT2D eigenvalue weighted by molar-refractivity contribution is 6.05. The van der Waals surface area contributed by atoms with Crippen molar-refractivity contribution in [1.29, 1.82) is 0 Å². The van der Waals surface area contributed by atoms with Gasteiger partial charge in [0.05, 0.1) is 18.2 Å². The molecule has 2 rings (SSSR count). The van der Waals surface area contributed by atoms with Crippen LogP contribution in [0.2, 0.25) is 0 Å². The molecule has 0 unspecified atom stereocenters. The van der Waals surface area contributed by atoms with Crippen LogP contribution in [0.5, 0.6) is 5.75 Å². The smallest absolute Gasteiger partial charge is 0.186 e. The van der Waals surface area contributed by atoms with Crippen molar-refractivity contribution in [2.75, 3.05) is 21.2 Å². The van der Waals surface area contributed by atoms with Crippen LogP contribution in [0, 0.1) is 13.8 Å². The highest BCUT2D eigenvalue weighted by atomic mass is 16.5. The molecule has 0 saturated heterocycles. The van der Waals surface area contributed by atoms with Gasteiger partial charge in [0.1, 0.15) is 5.75 Å². The molecule has 0 aromatic heterocycles. The van der Waals surface area contributed by atoms with Gasteiger partial charge in [-0.1, -0.05) is 25.3 Å². The molecule has 3 heteroatoms. The Kier molecular flexibility index (Phi) is 4.72. The average molecular weight is 289 g/mol. The maximum absolute atomic E-state index is 13.3. The van der Waals surface area contributed by atoms with Crippen LogP contribution in [0.1, 0.15) is 53.6 Å². The number of benzene rings is 1. The largest absolute Gasteiger partial charge is 0.496 e. The van der Waals surface area contributed by atoms with Crippen molar-refractivity contribution < 1.29 is 9.53 Å². The Bertz CT molecular complexity index is 528. The number of methoxy groups -OCH3 is 1. The van der Waals surface area contributed by atoms with Gasteiger partial charge in [-0.25, -0.2) is 0 Å². The number of hydrogen-bond acceptors (Lipinski definition) is 3.